The third kappa shape index (κ3) is 9.15. The van der Waals surface area contributed by atoms with Crippen LogP contribution in [0, 0.1) is 0 Å². The highest BCUT2D eigenvalue weighted by Crippen LogP contribution is 2.41. The standard InChI is InChI=1S/C38H42BrN5O8/c1-22(41-34(45)11-7-8-12-35(46)51-4)36(47)42-23(2)37(48)43-27-14-24(19-39)13-25(15-27)21-52-33-18-30-29(17-32(33)50-3)38(49)44-28(20-40-30)16-26-9-5-6-10-31(26)44/h5-6,9-10,13-15,17-18,20,22-23,28H,7-8,11-12,16,19,21H2,1-4H3,(H,41,45)(H,42,47)(H,43,48)/t22-,23-,28-/m0/s1. The smallest absolute Gasteiger partial charge is 0.305 e. The maximum absolute atomic E-state index is 13.7. The van der Waals surface area contributed by atoms with Gasteiger partial charge in [-0.25, -0.2) is 0 Å². The van der Waals surface area contributed by atoms with Crippen LogP contribution in [0.25, 0.3) is 0 Å². The molecule has 0 aromatic heterocycles. The Kier molecular flexibility index (Phi) is 12.7. The van der Waals surface area contributed by atoms with Crippen molar-refractivity contribution in [1.29, 1.82) is 0 Å². The molecule has 4 amide bonds. The minimum Gasteiger partial charge on any atom is -0.493 e. The number of hydrogen-bond donors (Lipinski definition) is 3. The third-order valence-electron chi connectivity index (χ3n) is 8.78. The first-order valence-corrected chi connectivity index (χ1v) is 18.1. The number of ether oxygens (including phenoxy) is 3. The van der Waals surface area contributed by atoms with Crippen LogP contribution in [0.1, 0.15) is 66.6 Å². The molecule has 0 unspecified atom stereocenters. The van der Waals surface area contributed by atoms with Gasteiger partial charge in [-0.2, -0.15) is 0 Å². The van der Waals surface area contributed by atoms with Crippen molar-refractivity contribution in [3.05, 3.63) is 76.9 Å². The van der Waals surface area contributed by atoms with E-state index in [0.29, 0.717) is 53.0 Å². The van der Waals surface area contributed by atoms with Crippen molar-refractivity contribution in [2.75, 3.05) is 24.4 Å². The Labute approximate surface area is 310 Å². The SMILES string of the molecule is COC(=O)CCCCC(=O)N[C@@H](C)C(=O)N[C@@H](C)C(=O)Nc1cc(CBr)cc(COc2cc3c(cc2OC)C(=O)N2c4ccccc4C[C@H]2C=N3)c1. The van der Waals surface area contributed by atoms with E-state index in [9.17, 15) is 24.0 Å². The second-order valence-corrected chi connectivity index (χ2v) is 13.2. The Morgan fingerprint density at radius 2 is 1.65 bits per heavy atom. The molecule has 2 heterocycles. The van der Waals surface area contributed by atoms with Crippen molar-refractivity contribution < 1.29 is 38.2 Å². The molecule has 0 saturated carbocycles. The molecule has 0 aliphatic carbocycles. The van der Waals surface area contributed by atoms with Crippen LogP contribution in [0.2, 0.25) is 0 Å². The first kappa shape index (κ1) is 38.0. The third-order valence-corrected chi connectivity index (χ3v) is 9.43. The average molecular weight is 777 g/mol. The molecule has 2 aliphatic heterocycles. The van der Waals surface area contributed by atoms with Gasteiger partial charge in [0.2, 0.25) is 17.7 Å². The van der Waals surface area contributed by atoms with E-state index in [4.69, 9.17) is 9.47 Å². The number of carbonyl (C=O) groups is 5. The van der Waals surface area contributed by atoms with E-state index in [1.54, 1.807) is 42.3 Å². The fourth-order valence-electron chi connectivity index (χ4n) is 6.04. The van der Waals surface area contributed by atoms with Crippen LogP contribution in [0.4, 0.5) is 17.1 Å². The Bertz CT molecular complexity index is 1880. The Morgan fingerprint density at radius 3 is 2.40 bits per heavy atom. The maximum Gasteiger partial charge on any atom is 0.305 e. The summed E-state index contributed by atoms with van der Waals surface area (Å²) in [6, 6.07) is 14.8. The van der Waals surface area contributed by atoms with E-state index in [-0.39, 0.29) is 43.3 Å². The number of unbranched alkanes of at least 4 members (excludes halogenated alkanes) is 1. The number of halogens is 1. The van der Waals surface area contributed by atoms with Gasteiger partial charge in [-0.3, -0.25) is 33.9 Å². The first-order valence-electron chi connectivity index (χ1n) is 17.0. The molecule has 5 rings (SSSR count). The number of para-hydroxylation sites is 1. The highest BCUT2D eigenvalue weighted by atomic mass is 79.9. The Balaban J connectivity index is 1.19. The van der Waals surface area contributed by atoms with Crippen LogP contribution in [0.5, 0.6) is 11.5 Å². The minimum absolute atomic E-state index is 0.116. The lowest BCUT2D eigenvalue weighted by Gasteiger charge is -2.22. The van der Waals surface area contributed by atoms with Crippen molar-refractivity contribution in [3.8, 4) is 11.5 Å². The summed E-state index contributed by atoms with van der Waals surface area (Å²) in [5.41, 5.74) is 5.00. The lowest BCUT2D eigenvalue weighted by atomic mass is 10.1. The highest BCUT2D eigenvalue weighted by molar-refractivity contribution is 9.08. The number of hydrogen-bond acceptors (Lipinski definition) is 9. The topological polar surface area (TPSA) is 165 Å². The molecule has 3 N–H and O–H groups in total. The summed E-state index contributed by atoms with van der Waals surface area (Å²) in [6.07, 6.45) is 3.83. The molecule has 274 valence electrons. The lowest BCUT2D eigenvalue weighted by Crippen LogP contribution is -2.50. The molecule has 0 saturated heterocycles. The van der Waals surface area contributed by atoms with Gasteiger partial charge < -0.3 is 30.2 Å². The summed E-state index contributed by atoms with van der Waals surface area (Å²) < 4.78 is 16.4. The van der Waals surface area contributed by atoms with E-state index >= 15 is 0 Å². The zero-order valence-corrected chi connectivity index (χ0v) is 31.1. The number of rotatable bonds is 15. The van der Waals surface area contributed by atoms with E-state index in [0.717, 1.165) is 22.4 Å². The molecular weight excluding hydrogens is 734 g/mol. The van der Waals surface area contributed by atoms with E-state index in [1.165, 1.54) is 21.1 Å². The van der Waals surface area contributed by atoms with Crippen molar-refractivity contribution in [2.45, 2.75) is 76.0 Å². The molecule has 0 radical (unpaired) electrons. The van der Waals surface area contributed by atoms with Crippen LogP contribution in [0.3, 0.4) is 0 Å². The summed E-state index contributed by atoms with van der Waals surface area (Å²) in [4.78, 5) is 69.5. The van der Waals surface area contributed by atoms with E-state index in [1.807, 2.05) is 30.3 Å². The molecule has 2 aliphatic rings. The molecule has 3 aromatic carbocycles. The molecule has 14 heteroatoms. The summed E-state index contributed by atoms with van der Waals surface area (Å²) in [5.74, 6) is -1.01. The second-order valence-electron chi connectivity index (χ2n) is 12.6. The maximum atomic E-state index is 13.7. The van der Waals surface area contributed by atoms with Gasteiger partial charge >= 0.3 is 5.97 Å². The predicted molar refractivity (Wildman–Crippen MR) is 200 cm³/mol. The summed E-state index contributed by atoms with van der Waals surface area (Å²) in [5, 5.41) is 8.61. The number of aliphatic imine (C=N–C) groups is 1. The molecule has 52 heavy (non-hydrogen) atoms. The van der Waals surface area contributed by atoms with Crippen LogP contribution in [0.15, 0.2) is 59.6 Å². The van der Waals surface area contributed by atoms with Gasteiger partial charge in [0.15, 0.2) is 11.5 Å². The zero-order valence-electron chi connectivity index (χ0n) is 29.5. The average Bonchev–Trinajstić information content (AvgIpc) is 3.46. The minimum atomic E-state index is -0.907. The zero-order chi connectivity index (χ0) is 37.4. The van der Waals surface area contributed by atoms with Gasteiger partial charge in [0.1, 0.15) is 18.7 Å². The van der Waals surface area contributed by atoms with E-state index in [2.05, 4.69) is 41.6 Å². The number of methoxy groups -OCH3 is 2. The Morgan fingerprint density at radius 1 is 0.923 bits per heavy atom. The fourth-order valence-corrected chi connectivity index (χ4v) is 6.36. The number of amides is 4. The number of alkyl halides is 1. The lowest BCUT2D eigenvalue weighted by molar-refractivity contribution is -0.140. The van der Waals surface area contributed by atoms with Crippen LogP contribution in [-0.4, -0.2) is 68.2 Å². The molecule has 0 fully saturated rings. The fraction of sp³-hybridized carbons (Fsp3) is 0.368. The van der Waals surface area contributed by atoms with Gasteiger partial charge in [-0.1, -0.05) is 40.2 Å². The largest absolute Gasteiger partial charge is 0.493 e. The van der Waals surface area contributed by atoms with Crippen molar-refractivity contribution in [2.24, 2.45) is 4.99 Å². The predicted octanol–water partition coefficient (Wildman–Crippen LogP) is 5.14. The number of esters is 1. The van der Waals surface area contributed by atoms with Crippen LogP contribution >= 0.6 is 15.9 Å². The molecule has 0 bridgehead atoms. The van der Waals surface area contributed by atoms with Gasteiger partial charge in [0.05, 0.1) is 31.5 Å². The Hall–Kier alpha value is -5.24. The number of fused-ring (bicyclic) bond motifs is 4. The van der Waals surface area contributed by atoms with Gasteiger partial charge in [-0.15, -0.1) is 0 Å². The van der Waals surface area contributed by atoms with Gasteiger partial charge in [-0.05, 0) is 67.6 Å². The quantitative estimate of drug-likeness (QED) is 0.109. The molecule has 3 aromatic rings. The number of benzene rings is 3. The second kappa shape index (κ2) is 17.3. The number of carbonyl (C=O) groups excluding carboxylic acids is 5. The van der Waals surface area contributed by atoms with Crippen molar-refractivity contribution in [1.82, 2.24) is 10.6 Å². The summed E-state index contributed by atoms with van der Waals surface area (Å²) >= 11 is 3.48. The van der Waals surface area contributed by atoms with Crippen molar-refractivity contribution in [3.63, 3.8) is 0 Å². The van der Waals surface area contributed by atoms with Gasteiger partial charge in [0.25, 0.3) is 5.91 Å². The van der Waals surface area contributed by atoms with Crippen LogP contribution in [-0.2, 0) is 42.3 Å². The number of nitrogens with one attached hydrogen (secondary N) is 3. The molecule has 13 nitrogen and oxygen atoms in total. The molecule has 3 atom stereocenters. The van der Waals surface area contributed by atoms with Gasteiger partial charge in [0, 0.05) is 48.2 Å². The number of nitrogens with zero attached hydrogens (tertiary/aromatic N) is 2. The highest BCUT2D eigenvalue weighted by Gasteiger charge is 2.36. The normalized spacial score (nSPS) is 15.3. The van der Waals surface area contributed by atoms with E-state index < -0.39 is 23.9 Å². The monoisotopic (exact) mass is 775 g/mol. The molecular formula is C38H42BrN5O8. The summed E-state index contributed by atoms with van der Waals surface area (Å²) in [7, 11) is 2.82. The summed E-state index contributed by atoms with van der Waals surface area (Å²) in [6.45, 7) is 3.20. The molecule has 0 spiro atoms. The number of anilines is 2. The van der Waals surface area contributed by atoms with Crippen LogP contribution < -0.4 is 30.3 Å². The first-order chi connectivity index (χ1) is 25.0. The van der Waals surface area contributed by atoms with Crippen molar-refractivity contribution >= 4 is 68.8 Å².